The molecule has 0 fully saturated rings. The van der Waals surface area contributed by atoms with Gasteiger partial charge in [-0.05, 0) is 17.7 Å². The van der Waals surface area contributed by atoms with Gasteiger partial charge in [0.15, 0.2) is 0 Å². The maximum atomic E-state index is 11.3. The van der Waals surface area contributed by atoms with Crippen molar-refractivity contribution in [3.63, 3.8) is 0 Å². The molecule has 0 aliphatic rings. The molecule has 1 aromatic heterocycles. The van der Waals surface area contributed by atoms with Crippen molar-refractivity contribution in [2.45, 2.75) is 26.4 Å². The van der Waals surface area contributed by atoms with Gasteiger partial charge < -0.3 is 9.88 Å². The number of amides is 1. The Kier molecular flexibility index (Phi) is 4.58. The summed E-state index contributed by atoms with van der Waals surface area (Å²) in [6.07, 6.45) is 4.11. The van der Waals surface area contributed by atoms with Crippen LogP contribution in [0.5, 0.6) is 0 Å². The number of aromatic nitrogens is 2. The maximum Gasteiger partial charge on any atom is 0.220 e. The highest BCUT2D eigenvalue weighted by atomic mass is 35.5. The first-order valence-corrected chi connectivity index (χ1v) is 6.58. The van der Waals surface area contributed by atoms with E-state index >= 15 is 0 Å². The number of hydrogen-bond acceptors (Lipinski definition) is 2. The standard InChI is InChI=1S/C14H16ClN3O/c1-2-14(19)17-9-13-16-6-7-18(13)10-11-4-3-5-12(15)8-11/h3-8H,2,9-10H2,1H3,(H,17,19). The summed E-state index contributed by atoms with van der Waals surface area (Å²) in [4.78, 5) is 15.5. The highest BCUT2D eigenvalue weighted by Crippen LogP contribution is 2.12. The molecular weight excluding hydrogens is 262 g/mol. The van der Waals surface area contributed by atoms with Crippen LogP contribution in [-0.2, 0) is 17.9 Å². The van der Waals surface area contributed by atoms with E-state index in [1.54, 1.807) is 6.20 Å². The van der Waals surface area contributed by atoms with E-state index in [0.29, 0.717) is 19.5 Å². The molecule has 19 heavy (non-hydrogen) atoms. The van der Waals surface area contributed by atoms with E-state index in [0.717, 1.165) is 16.4 Å². The van der Waals surface area contributed by atoms with Crippen molar-refractivity contribution >= 4 is 17.5 Å². The Hall–Kier alpha value is -1.81. The fourth-order valence-electron chi connectivity index (χ4n) is 1.79. The summed E-state index contributed by atoms with van der Waals surface area (Å²) in [6.45, 7) is 2.96. The number of halogens is 1. The van der Waals surface area contributed by atoms with Gasteiger partial charge in [-0.2, -0.15) is 0 Å². The van der Waals surface area contributed by atoms with Gasteiger partial charge >= 0.3 is 0 Å². The molecule has 4 nitrogen and oxygen atoms in total. The van der Waals surface area contributed by atoms with Crippen LogP contribution in [0.4, 0.5) is 0 Å². The van der Waals surface area contributed by atoms with Crippen LogP contribution in [0, 0.1) is 0 Å². The topological polar surface area (TPSA) is 46.9 Å². The first-order valence-electron chi connectivity index (χ1n) is 6.20. The van der Waals surface area contributed by atoms with Crippen molar-refractivity contribution in [2.24, 2.45) is 0 Å². The highest BCUT2D eigenvalue weighted by Gasteiger charge is 2.05. The Morgan fingerprint density at radius 3 is 3.05 bits per heavy atom. The summed E-state index contributed by atoms with van der Waals surface area (Å²) in [5, 5.41) is 3.54. The summed E-state index contributed by atoms with van der Waals surface area (Å²) in [6, 6.07) is 7.71. The number of imidazole rings is 1. The van der Waals surface area contributed by atoms with Gasteiger partial charge in [-0.25, -0.2) is 4.98 Å². The Morgan fingerprint density at radius 1 is 1.47 bits per heavy atom. The SMILES string of the molecule is CCC(=O)NCc1nccn1Cc1cccc(Cl)c1. The lowest BCUT2D eigenvalue weighted by atomic mass is 10.2. The van der Waals surface area contributed by atoms with E-state index in [1.807, 2.05) is 42.0 Å². The molecule has 1 heterocycles. The second-order valence-corrected chi connectivity index (χ2v) is 4.67. The molecule has 0 spiro atoms. The van der Waals surface area contributed by atoms with E-state index in [9.17, 15) is 4.79 Å². The van der Waals surface area contributed by atoms with Crippen molar-refractivity contribution in [1.82, 2.24) is 14.9 Å². The second-order valence-electron chi connectivity index (χ2n) is 4.23. The Labute approximate surface area is 117 Å². The summed E-state index contributed by atoms with van der Waals surface area (Å²) in [5.74, 6) is 0.860. The lowest BCUT2D eigenvalue weighted by Crippen LogP contribution is -2.23. The maximum absolute atomic E-state index is 11.3. The number of benzene rings is 1. The third-order valence-electron chi connectivity index (χ3n) is 2.81. The van der Waals surface area contributed by atoms with Crippen LogP contribution < -0.4 is 5.32 Å². The number of rotatable bonds is 5. The normalized spacial score (nSPS) is 10.4. The monoisotopic (exact) mass is 277 g/mol. The quantitative estimate of drug-likeness (QED) is 0.913. The van der Waals surface area contributed by atoms with Crippen molar-refractivity contribution in [3.05, 3.63) is 53.1 Å². The molecule has 1 amide bonds. The van der Waals surface area contributed by atoms with E-state index in [-0.39, 0.29) is 5.91 Å². The molecule has 0 unspecified atom stereocenters. The molecule has 0 saturated heterocycles. The number of carbonyl (C=O) groups is 1. The highest BCUT2D eigenvalue weighted by molar-refractivity contribution is 6.30. The molecule has 2 rings (SSSR count). The Bertz CT molecular complexity index is 565. The zero-order valence-electron chi connectivity index (χ0n) is 10.8. The van der Waals surface area contributed by atoms with Gasteiger partial charge in [0.1, 0.15) is 5.82 Å². The fraction of sp³-hybridized carbons (Fsp3) is 0.286. The Morgan fingerprint density at radius 2 is 2.32 bits per heavy atom. The van der Waals surface area contributed by atoms with Crippen LogP contribution in [0.1, 0.15) is 24.7 Å². The molecule has 5 heteroatoms. The number of nitrogens with one attached hydrogen (secondary N) is 1. The van der Waals surface area contributed by atoms with Crippen LogP contribution in [0.25, 0.3) is 0 Å². The van der Waals surface area contributed by atoms with Gasteiger partial charge in [0.25, 0.3) is 0 Å². The number of nitrogens with zero attached hydrogens (tertiary/aromatic N) is 2. The van der Waals surface area contributed by atoms with Crippen LogP contribution in [0.2, 0.25) is 5.02 Å². The molecule has 2 aromatic rings. The predicted octanol–water partition coefficient (Wildman–Crippen LogP) is 2.61. The molecule has 100 valence electrons. The van der Waals surface area contributed by atoms with E-state index < -0.39 is 0 Å². The van der Waals surface area contributed by atoms with E-state index in [4.69, 9.17) is 11.6 Å². The lowest BCUT2D eigenvalue weighted by Gasteiger charge is -2.09. The number of carbonyl (C=O) groups excluding carboxylic acids is 1. The molecular formula is C14H16ClN3O. The third-order valence-corrected chi connectivity index (χ3v) is 3.04. The van der Waals surface area contributed by atoms with Crippen LogP contribution in [-0.4, -0.2) is 15.5 Å². The molecule has 0 aliphatic heterocycles. The van der Waals surface area contributed by atoms with Crippen LogP contribution >= 0.6 is 11.6 Å². The van der Waals surface area contributed by atoms with Crippen molar-refractivity contribution in [3.8, 4) is 0 Å². The van der Waals surface area contributed by atoms with Gasteiger partial charge in [0.05, 0.1) is 6.54 Å². The second kappa shape index (κ2) is 6.38. The minimum Gasteiger partial charge on any atom is -0.349 e. The van der Waals surface area contributed by atoms with Gasteiger partial charge in [0.2, 0.25) is 5.91 Å². The first kappa shape index (κ1) is 13.6. The van der Waals surface area contributed by atoms with Gasteiger partial charge in [-0.3, -0.25) is 4.79 Å². The summed E-state index contributed by atoms with van der Waals surface area (Å²) in [7, 11) is 0. The molecule has 0 bridgehead atoms. The number of hydrogen-bond donors (Lipinski definition) is 1. The Balaban J connectivity index is 2.05. The average molecular weight is 278 g/mol. The molecule has 1 N–H and O–H groups in total. The first-order chi connectivity index (χ1) is 9.19. The van der Waals surface area contributed by atoms with Crippen molar-refractivity contribution < 1.29 is 4.79 Å². The van der Waals surface area contributed by atoms with Gasteiger partial charge in [-0.1, -0.05) is 30.7 Å². The summed E-state index contributed by atoms with van der Waals surface area (Å²) < 4.78 is 2.00. The average Bonchev–Trinajstić information content (AvgIpc) is 2.83. The third kappa shape index (κ3) is 3.83. The minimum absolute atomic E-state index is 0.0253. The zero-order valence-corrected chi connectivity index (χ0v) is 11.5. The molecule has 0 radical (unpaired) electrons. The van der Waals surface area contributed by atoms with Crippen molar-refractivity contribution in [2.75, 3.05) is 0 Å². The lowest BCUT2D eigenvalue weighted by molar-refractivity contribution is -0.120. The molecule has 1 aromatic carbocycles. The van der Waals surface area contributed by atoms with Gasteiger partial charge in [0, 0.05) is 30.4 Å². The van der Waals surface area contributed by atoms with Gasteiger partial charge in [-0.15, -0.1) is 0 Å². The molecule has 0 atom stereocenters. The van der Waals surface area contributed by atoms with E-state index in [1.165, 1.54) is 0 Å². The largest absolute Gasteiger partial charge is 0.349 e. The zero-order chi connectivity index (χ0) is 13.7. The van der Waals surface area contributed by atoms with Crippen molar-refractivity contribution in [1.29, 1.82) is 0 Å². The van der Waals surface area contributed by atoms with Crippen LogP contribution in [0.3, 0.4) is 0 Å². The smallest absolute Gasteiger partial charge is 0.220 e. The predicted molar refractivity (Wildman–Crippen MR) is 74.9 cm³/mol. The minimum atomic E-state index is 0.0253. The molecule has 0 saturated carbocycles. The van der Waals surface area contributed by atoms with Crippen LogP contribution in [0.15, 0.2) is 36.7 Å². The molecule has 0 aliphatic carbocycles. The van der Waals surface area contributed by atoms with E-state index in [2.05, 4.69) is 10.3 Å². The fourth-order valence-corrected chi connectivity index (χ4v) is 2.00. The summed E-state index contributed by atoms with van der Waals surface area (Å²) in [5.41, 5.74) is 1.11. The summed E-state index contributed by atoms with van der Waals surface area (Å²) >= 11 is 5.96.